The van der Waals surface area contributed by atoms with Crippen LogP contribution in [-0.2, 0) is 14.4 Å². The number of hydrogen-bond acceptors (Lipinski definition) is 7. The normalized spacial score (nSPS) is 30.2. The average Bonchev–Trinajstić information content (AvgIpc) is 3.55. The van der Waals surface area contributed by atoms with Gasteiger partial charge in [-0.15, -0.1) is 0 Å². The number of anilines is 1. The Labute approximate surface area is 244 Å². The van der Waals surface area contributed by atoms with E-state index in [0.29, 0.717) is 44.4 Å². The van der Waals surface area contributed by atoms with E-state index in [1.54, 1.807) is 11.9 Å². The average molecular weight is 592 g/mol. The second-order valence-corrected chi connectivity index (χ2v) is 12.6. The fraction of sp³-hybridized carbons (Fsp3) is 0.690. The second kappa shape index (κ2) is 11.3. The van der Waals surface area contributed by atoms with Crippen molar-refractivity contribution in [3.05, 3.63) is 30.3 Å². The van der Waals surface area contributed by atoms with Crippen molar-refractivity contribution < 1.29 is 27.6 Å². The number of carbonyl (C=O) groups is 3. The van der Waals surface area contributed by atoms with Crippen LogP contribution in [0, 0.1) is 11.8 Å². The van der Waals surface area contributed by atoms with Gasteiger partial charge in [0, 0.05) is 56.9 Å². The number of hydrogen-bond donors (Lipinski definition) is 2. The van der Waals surface area contributed by atoms with Crippen molar-refractivity contribution in [2.45, 2.75) is 55.9 Å². The van der Waals surface area contributed by atoms with Crippen molar-refractivity contribution in [1.29, 1.82) is 0 Å². The fourth-order valence-electron chi connectivity index (χ4n) is 7.65. The van der Waals surface area contributed by atoms with Crippen molar-refractivity contribution in [2.75, 3.05) is 64.4 Å². The van der Waals surface area contributed by atoms with Crippen LogP contribution in [0.1, 0.15) is 32.1 Å². The quantitative estimate of drug-likeness (QED) is 0.545. The van der Waals surface area contributed by atoms with Crippen molar-refractivity contribution in [2.24, 2.45) is 11.8 Å². The highest BCUT2D eigenvalue weighted by Gasteiger charge is 2.55. The van der Waals surface area contributed by atoms with Gasteiger partial charge >= 0.3 is 6.18 Å². The van der Waals surface area contributed by atoms with Crippen LogP contribution in [0.15, 0.2) is 30.3 Å². The highest BCUT2D eigenvalue weighted by atomic mass is 19.4. The molecule has 230 valence electrons. The zero-order chi connectivity index (χ0) is 29.6. The summed E-state index contributed by atoms with van der Waals surface area (Å²) in [5.41, 5.74) is 6.36. The SMILES string of the molecule is CN1CCN(C(=O)CN2CN(c3ccccc3)C3(CCN(C(=O)C4CCC5NNCC5C4)CC3)C2=O)C(C(F)(F)F)C1. The van der Waals surface area contributed by atoms with Gasteiger partial charge in [0.2, 0.25) is 11.8 Å². The van der Waals surface area contributed by atoms with E-state index in [-0.39, 0.29) is 37.5 Å². The summed E-state index contributed by atoms with van der Waals surface area (Å²) in [5, 5.41) is 0. The Morgan fingerprint density at radius 3 is 2.50 bits per heavy atom. The number of likely N-dealkylation sites (tertiary alicyclic amines) is 1. The number of nitrogens with zero attached hydrogens (tertiary/aromatic N) is 5. The molecule has 2 N–H and O–H groups in total. The summed E-state index contributed by atoms with van der Waals surface area (Å²) in [7, 11) is 1.61. The lowest BCUT2D eigenvalue weighted by molar-refractivity contribution is -0.200. The van der Waals surface area contributed by atoms with Crippen molar-refractivity contribution in [3.63, 3.8) is 0 Å². The Kier molecular flexibility index (Phi) is 7.86. The third-order valence-corrected chi connectivity index (χ3v) is 10.1. The molecule has 6 rings (SSSR count). The van der Waals surface area contributed by atoms with Gasteiger partial charge in [0.25, 0.3) is 5.91 Å². The van der Waals surface area contributed by atoms with E-state index >= 15 is 0 Å². The summed E-state index contributed by atoms with van der Waals surface area (Å²) < 4.78 is 41.5. The van der Waals surface area contributed by atoms with Gasteiger partial charge in [0.1, 0.15) is 18.1 Å². The lowest BCUT2D eigenvalue weighted by atomic mass is 9.77. The molecule has 1 saturated carbocycles. The van der Waals surface area contributed by atoms with E-state index in [1.165, 1.54) is 4.90 Å². The smallest absolute Gasteiger partial charge is 0.342 e. The third kappa shape index (κ3) is 5.35. The first-order valence-electron chi connectivity index (χ1n) is 15.0. The minimum absolute atomic E-state index is 0.0224. The first-order chi connectivity index (χ1) is 20.1. The zero-order valence-corrected chi connectivity index (χ0v) is 24.0. The number of benzene rings is 1. The maximum absolute atomic E-state index is 14.1. The Morgan fingerprint density at radius 2 is 1.79 bits per heavy atom. The van der Waals surface area contributed by atoms with Gasteiger partial charge < -0.3 is 24.5 Å². The van der Waals surface area contributed by atoms with Gasteiger partial charge in [-0.25, -0.2) is 0 Å². The molecular weight excluding hydrogens is 551 g/mol. The first kappa shape index (κ1) is 29.2. The van der Waals surface area contributed by atoms with E-state index in [0.717, 1.165) is 36.4 Å². The van der Waals surface area contributed by atoms with E-state index in [4.69, 9.17) is 0 Å². The number of piperidine rings is 1. The molecule has 4 unspecified atom stereocenters. The Balaban J connectivity index is 1.17. The molecule has 0 radical (unpaired) electrons. The topological polar surface area (TPSA) is 91.5 Å². The van der Waals surface area contributed by atoms with Crippen LogP contribution in [0.4, 0.5) is 18.9 Å². The Bertz CT molecular complexity index is 1180. The number of hydrazine groups is 1. The molecule has 4 heterocycles. The molecule has 4 atom stereocenters. The third-order valence-electron chi connectivity index (χ3n) is 10.1. The van der Waals surface area contributed by atoms with Gasteiger partial charge in [-0.1, -0.05) is 18.2 Å². The minimum Gasteiger partial charge on any atom is -0.342 e. The summed E-state index contributed by atoms with van der Waals surface area (Å²) >= 11 is 0. The van der Waals surface area contributed by atoms with Crippen molar-refractivity contribution >= 4 is 23.4 Å². The summed E-state index contributed by atoms with van der Waals surface area (Å²) in [6.45, 7) is 1.42. The second-order valence-electron chi connectivity index (χ2n) is 12.6. The van der Waals surface area contributed by atoms with Gasteiger partial charge in [0.15, 0.2) is 0 Å². The summed E-state index contributed by atoms with van der Waals surface area (Å²) in [5.74, 6) is -0.383. The number of nitrogens with one attached hydrogen (secondary N) is 2. The maximum atomic E-state index is 14.1. The van der Waals surface area contributed by atoms with Crippen molar-refractivity contribution in [1.82, 2.24) is 30.5 Å². The number of likely N-dealkylation sites (N-methyl/N-ethyl adjacent to an activating group) is 1. The number of amides is 3. The molecule has 0 aromatic heterocycles. The minimum atomic E-state index is -4.56. The lowest BCUT2D eigenvalue weighted by Crippen LogP contribution is -2.61. The van der Waals surface area contributed by atoms with Gasteiger partial charge in [-0.2, -0.15) is 13.2 Å². The first-order valence-corrected chi connectivity index (χ1v) is 15.0. The van der Waals surface area contributed by atoms with E-state index < -0.39 is 30.2 Å². The molecule has 4 saturated heterocycles. The van der Waals surface area contributed by atoms with Gasteiger partial charge in [0.05, 0.1) is 6.67 Å². The van der Waals surface area contributed by atoms with Crippen LogP contribution in [0.2, 0.25) is 0 Å². The van der Waals surface area contributed by atoms with Gasteiger partial charge in [-0.3, -0.25) is 25.2 Å². The van der Waals surface area contributed by atoms with E-state index in [2.05, 4.69) is 10.9 Å². The number of piperazine rings is 1. The van der Waals surface area contributed by atoms with Crippen LogP contribution in [0.5, 0.6) is 0 Å². The predicted molar refractivity (Wildman–Crippen MR) is 149 cm³/mol. The molecule has 1 aromatic rings. The molecule has 3 amide bonds. The Hall–Kier alpha value is -2.90. The molecule has 42 heavy (non-hydrogen) atoms. The van der Waals surface area contributed by atoms with Crippen LogP contribution < -0.4 is 15.8 Å². The number of para-hydroxylation sites is 1. The van der Waals surface area contributed by atoms with Crippen LogP contribution >= 0.6 is 0 Å². The van der Waals surface area contributed by atoms with E-state index in [1.807, 2.05) is 40.1 Å². The zero-order valence-electron chi connectivity index (χ0n) is 24.0. The van der Waals surface area contributed by atoms with Gasteiger partial charge in [-0.05, 0) is 57.2 Å². The summed E-state index contributed by atoms with van der Waals surface area (Å²) in [6.07, 6.45) is -1.11. The Morgan fingerprint density at radius 1 is 1.05 bits per heavy atom. The lowest BCUT2D eigenvalue weighted by Gasteiger charge is -2.44. The number of carbonyl (C=O) groups excluding carboxylic acids is 3. The summed E-state index contributed by atoms with van der Waals surface area (Å²) in [4.78, 5) is 48.6. The fourth-order valence-corrected chi connectivity index (χ4v) is 7.65. The van der Waals surface area contributed by atoms with Crippen LogP contribution in [0.3, 0.4) is 0 Å². The van der Waals surface area contributed by atoms with E-state index in [9.17, 15) is 27.6 Å². The number of halogens is 3. The molecule has 1 aliphatic carbocycles. The molecule has 0 bridgehead atoms. The number of alkyl halides is 3. The van der Waals surface area contributed by atoms with Crippen molar-refractivity contribution in [3.8, 4) is 0 Å². The molecule has 5 fully saturated rings. The largest absolute Gasteiger partial charge is 0.410 e. The molecule has 10 nitrogen and oxygen atoms in total. The molecule has 4 aliphatic heterocycles. The molecule has 13 heteroatoms. The monoisotopic (exact) mass is 591 g/mol. The predicted octanol–water partition coefficient (Wildman–Crippen LogP) is 1.25. The number of fused-ring (bicyclic) bond motifs is 1. The molecule has 5 aliphatic rings. The molecule has 1 spiro atoms. The molecular formula is C29H40F3N7O3. The molecule has 1 aromatic carbocycles. The summed E-state index contributed by atoms with van der Waals surface area (Å²) in [6, 6.07) is 7.95. The maximum Gasteiger partial charge on any atom is 0.410 e. The highest BCUT2D eigenvalue weighted by Crippen LogP contribution is 2.41. The van der Waals surface area contributed by atoms with Crippen LogP contribution in [0.25, 0.3) is 0 Å². The number of rotatable bonds is 4. The standard InChI is InChI=1S/C29H40F3N7O3/c1-35-13-14-38(24(17-35)29(30,31)32)25(40)18-37-19-39(22-5-3-2-4-6-22)28(27(37)42)9-11-36(12-10-28)26(41)20-7-8-23-21(15-20)16-33-34-23/h2-6,20-21,23-24,33-34H,7-19H2,1H3. The highest BCUT2D eigenvalue weighted by molar-refractivity contribution is 5.96. The van der Waals surface area contributed by atoms with Crippen LogP contribution in [-0.4, -0.2) is 121 Å².